The van der Waals surface area contributed by atoms with Crippen LogP contribution in [0, 0.1) is 0 Å². The van der Waals surface area contributed by atoms with Gasteiger partial charge in [-0.2, -0.15) is 0 Å². The van der Waals surface area contributed by atoms with Crippen LogP contribution < -0.4 is 9.80 Å². The van der Waals surface area contributed by atoms with Crippen molar-refractivity contribution in [3.05, 3.63) is 243 Å². The lowest BCUT2D eigenvalue weighted by atomic mass is 10.0. The van der Waals surface area contributed by atoms with Crippen LogP contribution in [-0.2, 0) is 0 Å². The molecule has 0 aliphatic rings. The molecule has 0 atom stereocenters. The van der Waals surface area contributed by atoms with Gasteiger partial charge in [-0.15, -0.1) is 0 Å². The van der Waals surface area contributed by atoms with Gasteiger partial charge >= 0.3 is 0 Å². The van der Waals surface area contributed by atoms with E-state index in [9.17, 15) is 0 Å². The van der Waals surface area contributed by atoms with Gasteiger partial charge in [-0.3, -0.25) is 0 Å². The fourth-order valence-electron chi connectivity index (χ4n) is 11.2. The first-order valence-corrected chi connectivity index (χ1v) is 23.9. The maximum Gasteiger partial charge on any atom is 0.178 e. The Hall–Kier alpha value is -9.38. The molecule has 0 aliphatic heterocycles. The van der Waals surface area contributed by atoms with Gasteiger partial charge in [-0.05, 0) is 163 Å². The summed E-state index contributed by atoms with van der Waals surface area (Å²) in [5.41, 5.74) is 9.76. The summed E-state index contributed by atoms with van der Waals surface area (Å²) in [5.74, 6) is 0. The highest BCUT2D eigenvalue weighted by atomic mass is 16.4. The second kappa shape index (κ2) is 15.1. The zero-order valence-corrected chi connectivity index (χ0v) is 37.8. The molecule has 15 rings (SSSR count). The van der Waals surface area contributed by atoms with E-state index in [1.165, 1.54) is 43.1 Å². The number of hydrogen-bond acceptors (Lipinski definition) is 4. The van der Waals surface area contributed by atoms with E-state index >= 15 is 0 Å². The molecule has 2 aromatic heterocycles. The lowest BCUT2D eigenvalue weighted by Gasteiger charge is -2.26. The Morgan fingerprint density at radius 2 is 0.500 bits per heavy atom. The van der Waals surface area contributed by atoms with E-state index in [-0.39, 0.29) is 0 Å². The second-order valence-electron chi connectivity index (χ2n) is 18.4. The van der Waals surface area contributed by atoms with Gasteiger partial charge in [0.2, 0.25) is 0 Å². The Labute approximate surface area is 402 Å². The Morgan fingerprint density at radius 1 is 0.186 bits per heavy atom. The van der Waals surface area contributed by atoms with Crippen LogP contribution in [0.2, 0.25) is 0 Å². The first-order valence-electron chi connectivity index (χ1n) is 23.9. The lowest BCUT2D eigenvalue weighted by Crippen LogP contribution is -2.09. The molecule has 2 heterocycles. The van der Waals surface area contributed by atoms with Crippen molar-refractivity contribution in [3.8, 4) is 0 Å². The van der Waals surface area contributed by atoms with Gasteiger partial charge in [0.1, 0.15) is 11.2 Å². The smallest absolute Gasteiger partial charge is 0.178 e. The molecule has 326 valence electrons. The summed E-state index contributed by atoms with van der Waals surface area (Å²) in [6.07, 6.45) is 0. The molecule has 0 saturated carbocycles. The fourth-order valence-corrected chi connectivity index (χ4v) is 11.2. The van der Waals surface area contributed by atoms with Gasteiger partial charge in [0, 0.05) is 66.4 Å². The van der Waals surface area contributed by atoms with Gasteiger partial charge in [0.05, 0.1) is 0 Å². The Bertz CT molecular complexity index is 4310. The van der Waals surface area contributed by atoms with Crippen molar-refractivity contribution >= 4 is 143 Å². The number of anilines is 6. The summed E-state index contributed by atoms with van der Waals surface area (Å²) in [5, 5.41) is 18.4. The zero-order valence-electron chi connectivity index (χ0n) is 37.8. The van der Waals surface area contributed by atoms with Crippen molar-refractivity contribution < 1.29 is 8.83 Å². The highest BCUT2D eigenvalue weighted by molar-refractivity contribution is 6.25. The van der Waals surface area contributed by atoms with Gasteiger partial charge < -0.3 is 18.6 Å². The van der Waals surface area contributed by atoms with E-state index in [0.717, 1.165) is 99.5 Å². The van der Waals surface area contributed by atoms with Crippen LogP contribution in [0.1, 0.15) is 0 Å². The van der Waals surface area contributed by atoms with Crippen LogP contribution in [-0.4, -0.2) is 0 Å². The Balaban J connectivity index is 0.846. The summed E-state index contributed by atoms with van der Waals surface area (Å²) < 4.78 is 13.9. The van der Waals surface area contributed by atoms with Gasteiger partial charge in [-0.25, -0.2) is 0 Å². The zero-order chi connectivity index (χ0) is 45.9. The Morgan fingerprint density at radius 3 is 0.957 bits per heavy atom. The molecule has 70 heavy (non-hydrogen) atoms. The first kappa shape index (κ1) is 38.7. The van der Waals surface area contributed by atoms with Gasteiger partial charge in [-0.1, -0.05) is 133 Å². The van der Waals surface area contributed by atoms with Crippen molar-refractivity contribution in [2.75, 3.05) is 9.80 Å². The number of benzene rings is 13. The summed E-state index contributed by atoms with van der Waals surface area (Å²) in [6.45, 7) is 0. The van der Waals surface area contributed by atoms with Crippen LogP contribution >= 0.6 is 0 Å². The number of nitrogens with zero attached hydrogens (tertiary/aromatic N) is 2. The molecule has 0 spiro atoms. The minimum Gasteiger partial charge on any atom is -0.451 e. The van der Waals surface area contributed by atoms with Crippen LogP contribution in [0.15, 0.2) is 251 Å². The number of fused-ring (bicyclic) bond motifs is 17. The van der Waals surface area contributed by atoms with E-state index in [2.05, 4.69) is 252 Å². The van der Waals surface area contributed by atoms with E-state index in [0.29, 0.717) is 0 Å². The van der Waals surface area contributed by atoms with Crippen molar-refractivity contribution in [1.29, 1.82) is 0 Å². The molecule has 0 saturated heterocycles. The van der Waals surface area contributed by atoms with Crippen LogP contribution in [0.5, 0.6) is 0 Å². The van der Waals surface area contributed by atoms with E-state index in [1.54, 1.807) is 0 Å². The monoisotopic (exact) mass is 892 g/mol. The molecule has 0 fully saturated rings. The van der Waals surface area contributed by atoms with Crippen LogP contribution in [0.25, 0.3) is 109 Å². The molecule has 0 bridgehead atoms. The van der Waals surface area contributed by atoms with Crippen molar-refractivity contribution in [3.63, 3.8) is 0 Å². The molecule has 0 aliphatic carbocycles. The number of hydrogen-bond donors (Lipinski definition) is 0. The molecular formula is C66H40N2O2. The van der Waals surface area contributed by atoms with Crippen LogP contribution in [0.4, 0.5) is 34.1 Å². The molecule has 13 aromatic carbocycles. The van der Waals surface area contributed by atoms with Gasteiger partial charge in [0.25, 0.3) is 0 Å². The highest BCUT2D eigenvalue weighted by Crippen LogP contribution is 2.46. The maximum absolute atomic E-state index is 6.97. The minimum atomic E-state index is 0.762. The van der Waals surface area contributed by atoms with Gasteiger partial charge in [0.15, 0.2) is 11.2 Å². The van der Waals surface area contributed by atoms with Crippen molar-refractivity contribution in [2.24, 2.45) is 0 Å². The molecular weight excluding hydrogens is 853 g/mol. The molecule has 15 aromatic rings. The SMILES string of the molecule is c1ccc(N(c2ccc3c(ccc4c5ccc6c7ccc8cc(N(c9ccccc9)c9ccc%10ccc%11ccccc%11c%10c9)ccc8c7oc6c5oc34)c2)c2ccc3ccc4ccccc4c3c2)cc1. The normalized spacial score (nSPS) is 12.0. The average molecular weight is 893 g/mol. The highest BCUT2D eigenvalue weighted by Gasteiger charge is 2.21. The summed E-state index contributed by atoms with van der Waals surface area (Å²) >= 11 is 0. The standard InChI is InChI=1S/C66H40N2O2/c1-3-13-47(14-4-1)67(51-27-23-43-21-19-41-11-7-9-17-53(41)61(43)39-51)49-29-33-55-45(37-49)25-31-57-59-35-36-60-58-32-26-46-38-50(30-34-56(46)64(58)70-66(60)65(59)69-63(55)57)68(48-15-5-2-6-16-48)52-28-24-44-22-20-42-12-8-10-18-54(42)62(44)40-52/h1-40H. The number of rotatable bonds is 6. The predicted octanol–water partition coefficient (Wildman–Crippen LogP) is 19.3. The molecule has 0 unspecified atom stereocenters. The minimum absolute atomic E-state index is 0.762. The fraction of sp³-hybridized carbons (Fsp3) is 0. The van der Waals surface area contributed by atoms with E-state index in [4.69, 9.17) is 8.83 Å². The largest absolute Gasteiger partial charge is 0.451 e. The second-order valence-corrected chi connectivity index (χ2v) is 18.4. The van der Waals surface area contributed by atoms with Crippen LogP contribution in [0.3, 0.4) is 0 Å². The first-order chi connectivity index (χ1) is 34.7. The molecule has 0 N–H and O–H groups in total. The lowest BCUT2D eigenvalue weighted by molar-refractivity contribution is 0.637. The third-order valence-corrected chi connectivity index (χ3v) is 14.5. The molecule has 0 radical (unpaired) electrons. The summed E-state index contributed by atoms with van der Waals surface area (Å²) in [4.78, 5) is 4.69. The Kier molecular flexibility index (Phi) is 8.33. The third-order valence-electron chi connectivity index (χ3n) is 14.5. The predicted molar refractivity (Wildman–Crippen MR) is 295 cm³/mol. The molecule has 4 heteroatoms. The summed E-state index contributed by atoms with van der Waals surface area (Å²) in [6, 6.07) is 87.6. The molecule has 4 nitrogen and oxygen atoms in total. The summed E-state index contributed by atoms with van der Waals surface area (Å²) in [7, 11) is 0. The average Bonchev–Trinajstić information content (AvgIpc) is 4.01. The van der Waals surface area contributed by atoms with E-state index in [1.807, 2.05) is 0 Å². The number of para-hydroxylation sites is 2. The topological polar surface area (TPSA) is 32.8 Å². The quantitative estimate of drug-likeness (QED) is 0.156. The molecule has 0 amide bonds. The number of furan rings is 2. The maximum atomic E-state index is 6.97. The third kappa shape index (κ3) is 5.90. The van der Waals surface area contributed by atoms with Crippen molar-refractivity contribution in [2.45, 2.75) is 0 Å². The van der Waals surface area contributed by atoms with E-state index < -0.39 is 0 Å². The van der Waals surface area contributed by atoms with Crippen molar-refractivity contribution in [1.82, 2.24) is 0 Å².